The van der Waals surface area contributed by atoms with E-state index in [1.807, 2.05) is 0 Å². The number of alkyl halides is 3. The van der Waals surface area contributed by atoms with Crippen LogP contribution in [0.5, 0.6) is 17.2 Å². The molecule has 0 aromatic heterocycles. The van der Waals surface area contributed by atoms with Crippen molar-refractivity contribution >= 4 is 5.97 Å². The molecule has 1 aliphatic rings. The van der Waals surface area contributed by atoms with Gasteiger partial charge in [-0.2, -0.15) is 0 Å². The molecule has 1 aliphatic heterocycles. The minimum Gasteiger partial charge on any atom is -0.494 e. The summed E-state index contributed by atoms with van der Waals surface area (Å²) in [5, 5.41) is 0. The largest absolute Gasteiger partial charge is 0.573 e. The Labute approximate surface area is 219 Å². The molecule has 0 unspecified atom stereocenters. The van der Waals surface area contributed by atoms with E-state index in [2.05, 4.69) is 11.7 Å². The second kappa shape index (κ2) is 12.3. The fraction of sp³-hybridized carbons (Fsp3) is 0.345. The molecule has 0 atom stereocenters. The number of halogens is 3. The number of hydrogen-bond donors (Lipinski definition) is 0. The van der Waals surface area contributed by atoms with E-state index in [0.29, 0.717) is 42.4 Å². The van der Waals surface area contributed by atoms with Crippen molar-refractivity contribution in [2.45, 2.75) is 26.1 Å². The number of benzene rings is 3. The van der Waals surface area contributed by atoms with Gasteiger partial charge in [0.2, 0.25) is 0 Å². The zero-order valence-corrected chi connectivity index (χ0v) is 21.0. The van der Waals surface area contributed by atoms with Crippen molar-refractivity contribution in [1.82, 2.24) is 0 Å². The number of ether oxygens (including phenoxy) is 5. The molecule has 4 rings (SSSR count). The highest BCUT2D eigenvalue weighted by Crippen LogP contribution is 2.28. The first kappa shape index (κ1) is 27.5. The lowest BCUT2D eigenvalue weighted by atomic mass is 9.90. The Kier molecular flexibility index (Phi) is 8.91. The molecule has 0 radical (unpaired) electrons. The van der Waals surface area contributed by atoms with E-state index in [4.69, 9.17) is 18.9 Å². The number of rotatable bonds is 12. The van der Waals surface area contributed by atoms with Crippen molar-refractivity contribution in [1.29, 1.82) is 0 Å². The van der Waals surface area contributed by atoms with Crippen molar-refractivity contribution in [3.63, 3.8) is 0 Å². The molecule has 0 amide bonds. The van der Waals surface area contributed by atoms with Crippen LogP contribution in [0, 0.1) is 5.41 Å². The van der Waals surface area contributed by atoms with Crippen molar-refractivity contribution in [2.24, 2.45) is 5.41 Å². The molecule has 1 heterocycles. The molecule has 38 heavy (non-hydrogen) atoms. The van der Waals surface area contributed by atoms with Crippen LogP contribution in [0.25, 0.3) is 11.1 Å². The summed E-state index contributed by atoms with van der Waals surface area (Å²) >= 11 is 0. The van der Waals surface area contributed by atoms with Crippen LogP contribution in [-0.4, -0.2) is 45.4 Å². The first-order valence-electron chi connectivity index (χ1n) is 12.3. The van der Waals surface area contributed by atoms with Gasteiger partial charge in [-0.25, -0.2) is 4.79 Å². The Bertz CT molecular complexity index is 1170. The number of carbonyl (C=O) groups is 1. The molecule has 0 saturated carbocycles. The van der Waals surface area contributed by atoms with Crippen LogP contribution in [-0.2, 0) is 9.47 Å². The maximum absolute atomic E-state index is 12.5. The molecular formula is C29H29F3O6. The van der Waals surface area contributed by atoms with Crippen LogP contribution in [0.2, 0.25) is 0 Å². The van der Waals surface area contributed by atoms with Gasteiger partial charge in [0.05, 0.1) is 32.0 Å². The van der Waals surface area contributed by atoms with E-state index in [9.17, 15) is 18.0 Å². The third kappa shape index (κ3) is 8.22. The van der Waals surface area contributed by atoms with Crippen LogP contribution in [0.3, 0.4) is 0 Å². The van der Waals surface area contributed by atoms with Gasteiger partial charge in [-0.15, -0.1) is 13.2 Å². The van der Waals surface area contributed by atoms with Crippen LogP contribution in [0.1, 0.15) is 30.1 Å². The van der Waals surface area contributed by atoms with Gasteiger partial charge in [0.15, 0.2) is 0 Å². The highest BCUT2D eigenvalue weighted by atomic mass is 19.4. The van der Waals surface area contributed by atoms with Crippen LogP contribution in [0.15, 0.2) is 72.8 Å². The summed E-state index contributed by atoms with van der Waals surface area (Å²) in [5.41, 5.74) is 1.98. The van der Waals surface area contributed by atoms with E-state index >= 15 is 0 Å². The normalized spacial score (nSPS) is 14.4. The maximum atomic E-state index is 12.5. The standard InChI is InChI=1S/C29H29F3O6/c1-28(19-35-20-28)18-34-16-2-3-17-36-24-10-8-23(9-11-24)27(33)37-25-12-4-21(5-13-25)22-6-14-26(15-7-22)38-29(30,31)32/h4-15H,2-3,16-20H2,1H3. The topological polar surface area (TPSA) is 63.2 Å². The van der Waals surface area contributed by atoms with Gasteiger partial charge in [0.25, 0.3) is 0 Å². The van der Waals surface area contributed by atoms with E-state index in [1.165, 1.54) is 24.3 Å². The van der Waals surface area contributed by atoms with Gasteiger partial charge in [-0.1, -0.05) is 31.2 Å². The molecule has 9 heteroatoms. The molecule has 202 valence electrons. The smallest absolute Gasteiger partial charge is 0.494 e. The van der Waals surface area contributed by atoms with Gasteiger partial charge in [0.1, 0.15) is 17.2 Å². The number of carbonyl (C=O) groups excluding carboxylic acids is 1. The monoisotopic (exact) mass is 530 g/mol. The van der Waals surface area contributed by atoms with Crippen molar-refractivity contribution in [3.8, 4) is 28.4 Å². The summed E-state index contributed by atoms with van der Waals surface area (Å²) in [6.45, 7) is 5.63. The quantitative estimate of drug-likeness (QED) is 0.148. The van der Waals surface area contributed by atoms with Crippen LogP contribution >= 0.6 is 0 Å². The average Bonchev–Trinajstić information content (AvgIpc) is 2.87. The first-order chi connectivity index (χ1) is 18.2. The molecule has 3 aromatic carbocycles. The second-order valence-corrected chi connectivity index (χ2v) is 9.42. The molecule has 0 N–H and O–H groups in total. The summed E-state index contributed by atoms with van der Waals surface area (Å²) in [6.07, 6.45) is -2.98. The Morgan fingerprint density at radius 3 is 1.92 bits per heavy atom. The Balaban J connectivity index is 1.18. The fourth-order valence-corrected chi connectivity index (χ4v) is 3.77. The maximum Gasteiger partial charge on any atom is 0.573 e. The van der Waals surface area contributed by atoms with Gasteiger partial charge in [-0.05, 0) is 72.5 Å². The predicted octanol–water partition coefficient (Wildman–Crippen LogP) is 6.68. The number of unbranched alkanes of at least 4 members (excludes halogenated alkanes) is 1. The van der Waals surface area contributed by atoms with Crippen LogP contribution in [0.4, 0.5) is 13.2 Å². The summed E-state index contributed by atoms with van der Waals surface area (Å²) in [5.74, 6) is 0.202. The van der Waals surface area contributed by atoms with Crippen molar-refractivity contribution < 1.29 is 41.7 Å². The lowest BCUT2D eigenvalue weighted by molar-refractivity contribution is -0.274. The number of hydrogen-bond acceptors (Lipinski definition) is 6. The Morgan fingerprint density at radius 2 is 1.37 bits per heavy atom. The van der Waals surface area contributed by atoms with E-state index in [0.717, 1.165) is 31.6 Å². The van der Waals surface area contributed by atoms with Crippen molar-refractivity contribution in [3.05, 3.63) is 78.4 Å². The summed E-state index contributed by atoms with van der Waals surface area (Å²) in [6, 6.07) is 18.9. The summed E-state index contributed by atoms with van der Waals surface area (Å²) < 4.78 is 62.9. The minimum atomic E-state index is -4.74. The lowest BCUT2D eigenvalue weighted by Crippen LogP contribution is -2.43. The minimum absolute atomic E-state index is 0.163. The van der Waals surface area contributed by atoms with Gasteiger partial charge in [-0.3, -0.25) is 0 Å². The first-order valence-corrected chi connectivity index (χ1v) is 12.3. The lowest BCUT2D eigenvalue weighted by Gasteiger charge is -2.37. The molecule has 0 bridgehead atoms. The summed E-state index contributed by atoms with van der Waals surface area (Å²) in [7, 11) is 0. The molecule has 6 nitrogen and oxygen atoms in total. The third-order valence-corrected chi connectivity index (χ3v) is 5.88. The van der Waals surface area contributed by atoms with Crippen molar-refractivity contribution in [2.75, 3.05) is 33.0 Å². The zero-order chi connectivity index (χ0) is 27.0. The fourth-order valence-electron chi connectivity index (χ4n) is 3.77. The highest BCUT2D eigenvalue weighted by Gasteiger charge is 2.33. The van der Waals surface area contributed by atoms with Gasteiger partial charge in [0, 0.05) is 12.0 Å². The second-order valence-electron chi connectivity index (χ2n) is 9.42. The average molecular weight is 531 g/mol. The highest BCUT2D eigenvalue weighted by molar-refractivity contribution is 5.91. The van der Waals surface area contributed by atoms with Gasteiger partial charge >= 0.3 is 12.3 Å². The molecular weight excluding hydrogens is 501 g/mol. The molecule has 0 spiro atoms. The van der Waals surface area contributed by atoms with E-state index in [-0.39, 0.29) is 11.2 Å². The Hall–Kier alpha value is -3.56. The molecule has 1 saturated heterocycles. The third-order valence-electron chi connectivity index (χ3n) is 5.88. The molecule has 0 aliphatic carbocycles. The zero-order valence-electron chi connectivity index (χ0n) is 21.0. The van der Waals surface area contributed by atoms with E-state index in [1.54, 1.807) is 48.5 Å². The van der Waals surface area contributed by atoms with Gasteiger partial charge < -0.3 is 23.7 Å². The number of esters is 1. The predicted molar refractivity (Wildman–Crippen MR) is 134 cm³/mol. The SMILES string of the molecule is CC1(COCCCCOc2ccc(C(=O)Oc3ccc(-c4ccc(OC(F)(F)F)cc4)cc3)cc2)COC1. The summed E-state index contributed by atoms with van der Waals surface area (Å²) in [4.78, 5) is 12.5. The molecule has 3 aromatic rings. The molecule has 1 fully saturated rings. The van der Waals surface area contributed by atoms with E-state index < -0.39 is 12.3 Å². The van der Waals surface area contributed by atoms with Crippen LogP contribution < -0.4 is 14.2 Å². The Morgan fingerprint density at radius 1 is 0.816 bits per heavy atom.